The number of hydrogen-bond acceptors (Lipinski definition) is 5. The van der Waals surface area contributed by atoms with Crippen LogP contribution in [0.5, 0.6) is 11.5 Å². The molecule has 0 fully saturated rings. The molecule has 0 atom stereocenters. The van der Waals surface area contributed by atoms with Gasteiger partial charge in [0, 0.05) is 4.88 Å². The quantitative estimate of drug-likeness (QED) is 0.888. The fourth-order valence-electron chi connectivity index (χ4n) is 1.78. The molecule has 0 saturated heterocycles. The summed E-state index contributed by atoms with van der Waals surface area (Å²) >= 11 is 1.64. The lowest BCUT2D eigenvalue weighted by atomic mass is 10.2. The monoisotopic (exact) mass is 293 g/mol. The Labute approximate surface area is 123 Å². The molecule has 0 aliphatic heterocycles. The first-order chi connectivity index (χ1) is 9.63. The second kappa shape index (κ2) is 6.72. The third kappa shape index (κ3) is 3.49. The molecular weight excluding hydrogens is 274 g/mol. The Kier molecular flexibility index (Phi) is 4.98. The molecule has 0 bridgehead atoms. The van der Waals surface area contributed by atoms with E-state index in [1.54, 1.807) is 17.4 Å². The highest BCUT2D eigenvalue weighted by Crippen LogP contribution is 2.30. The average Bonchev–Trinajstić information content (AvgIpc) is 2.76. The number of aromatic nitrogens is 1. The van der Waals surface area contributed by atoms with Crippen LogP contribution in [0, 0.1) is 13.8 Å². The number of hydrogen-bond donors (Lipinski definition) is 1. The number of ether oxygens (including phenoxy) is 2. The second-order valence-electron chi connectivity index (χ2n) is 4.41. The molecule has 0 unspecified atom stereocenters. The summed E-state index contributed by atoms with van der Waals surface area (Å²) in [6, 6.07) is 5.46. The molecule has 1 aromatic heterocycles. The van der Waals surface area contributed by atoms with E-state index in [1.807, 2.05) is 26.0 Å². The van der Waals surface area contributed by atoms with Crippen molar-refractivity contribution < 1.29 is 14.6 Å². The third-order valence-corrected chi connectivity index (χ3v) is 3.96. The van der Waals surface area contributed by atoms with E-state index < -0.39 is 0 Å². The maximum absolute atomic E-state index is 9.16. The summed E-state index contributed by atoms with van der Waals surface area (Å²) in [6.07, 6.45) is 0. The Morgan fingerprint density at radius 3 is 2.60 bits per heavy atom. The van der Waals surface area contributed by atoms with Crippen LogP contribution in [0.3, 0.4) is 0 Å². The van der Waals surface area contributed by atoms with Gasteiger partial charge >= 0.3 is 0 Å². The number of aryl methyl sites for hydroxylation is 2. The van der Waals surface area contributed by atoms with Crippen molar-refractivity contribution in [2.75, 3.05) is 6.61 Å². The van der Waals surface area contributed by atoms with Crippen molar-refractivity contribution in [3.63, 3.8) is 0 Å². The van der Waals surface area contributed by atoms with Crippen LogP contribution in [-0.2, 0) is 13.2 Å². The van der Waals surface area contributed by atoms with E-state index in [9.17, 15) is 0 Å². The first kappa shape index (κ1) is 14.8. The Hall–Kier alpha value is -1.59. The number of benzene rings is 1. The normalized spacial score (nSPS) is 10.6. The van der Waals surface area contributed by atoms with Gasteiger partial charge in [-0.1, -0.05) is 6.07 Å². The maximum atomic E-state index is 9.16. The van der Waals surface area contributed by atoms with Gasteiger partial charge in [0.2, 0.25) is 0 Å². The van der Waals surface area contributed by atoms with Gasteiger partial charge in [0.05, 0.1) is 18.9 Å². The van der Waals surface area contributed by atoms with Crippen molar-refractivity contribution in [3.05, 3.63) is 39.3 Å². The zero-order valence-corrected chi connectivity index (χ0v) is 12.8. The zero-order valence-electron chi connectivity index (χ0n) is 12.0. The lowest BCUT2D eigenvalue weighted by Gasteiger charge is -2.12. The summed E-state index contributed by atoms with van der Waals surface area (Å²) < 4.78 is 11.3. The van der Waals surface area contributed by atoms with E-state index >= 15 is 0 Å². The van der Waals surface area contributed by atoms with Crippen molar-refractivity contribution in [2.45, 2.75) is 34.0 Å². The highest BCUT2D eigenvalue weighted by molar-refractivity contribution is 7.11. The van der Waals surface area contributed by atoms with Crippen LogP contribution in [0.15, 0.2) is 18.2 Å². The third-order valence-electron chi connectivity index (χ3n) is 2.91. The molecule has 2 aromatic rings. The van der Waals surface area contributed by atoms with Crippen molar-refractivity contribution in [1.29, 1.82) is 0 Å². The summed E-state index contributed by atoms with van der Waals surface area (Å²) in [7, 11) is 0. The molecule has 0 amide bonds. The van der Waals surface area contributed by atoms with E-state index in [4.69, 9.17) is 14.6 Å². The molecule has 0 saturated carbocycles. The first-order valence-corrected chi connectivity index (χ1v) is 7.38. The minimum Gasteiger partial charge on any atom is -0.490 e. The van der Waals surface area contributed by atoms with E-state index in [0.717, 1.165) is 16.3 Å². The molecule has 1 aromatic carbocycles. The molecule has 5 heteroatoms. The van der Waals surface area contributed by atoms with Crippen molar-refractivity contribution >= 4 is 11.3 Å². The van der Waals surface area contributed by atoms with Gasteiger partial charge in [0.15, 0.2) is 11.5 Å². The van der Waals surface area contributed by atoms with Crippen molar-refractivity contribution in [2.24, 2.45) is 0 Å². The van der Waals surface area contributed by atoms with Crippen LogP contribution in [0.1, 0.15) is 28.1 Å². The molecule has 0 spiro atoms. The number of rotatable bonds is 6. The summed E-state index contributed by atoms with van der Waals surface area (Å²) in [6.45, 7) is 6.95. The van der Waals surface area contributed by atoms with Gasteiger partial charge in [-0.25, -0.2) is 4.98 Å². The number of aliphatic hydroxyl groups is 1. The standard InChI is InChI=1S/C15H19NO3S/c1-4-18-14-7-12(8-17)5-6-13(14)19-9-15-16-10(2)11(3)20-15/h5-7,17H,4,8-9H2,1-3H3. The van der Waals surface area contributed by atoms with E-state index in [2.05, 4.69) is 11.9 Å². The Balaban J connectivity index is 2.11. The lowest BCUT2D eigenvalue weighted by Crippen LogP contribution is -2.00. The van der Waals surface area contributed by atoms with E-state index in [1.165, 1.54) is 4.88 Å². The molecule has 0 radical (unpaired) electrons. The van der Waals surface area contributed by atoms with E-state index in [0.29, 0.717) is 24.7 Å². The topological polar surface area (TPSA) is 51.6 Å². The Bertz CT molecular complexity index is 561. The molecule has 20 heavy (non-hydrogen) atoms. The van der Waals surface area contributed by atoms with Gasteiger partial charge in [-0.2, -0.15) is 0 Å². The van der Waals surface area contributed by atoms with Gasteiger partial charge in [-0.15, -0.1) is 11.3 Å². The van der Waals surface area contributed by atoms with Gasteiger partial charge < -0.3 is 14.6 Å². The van der Waals surface area contributed by atoms with Crippen LogP contribution in [-0.4, -0.2) is 16.7 Å². The molecule has 1 N–H and O–H groups in total. The Morgan fingerprint density at radius 2 is 2.00 bits per heavy atom. The van der Waals surface area contributed by atoms with Gasteiger partial charge in [0.1, 0.15) is 11.6 Å². The largest absolute Gasteiger partial charge is 0.490 e. The number of aliphatic hydroxyl groups excluding tert-OH is 1. The zero-order chi connectivity index (χ0) is 14.5. The summed E-state index contributed by atoms with van der Waals surface area (Å²) in [5.74, 6) is 1.33. The summed E-state index contributed by atoms with van der Waals surface area (Å²) in [5.41, 5.74) is 1.86. The molecule has 4 nitrogen and oxygen atoms in total. The second-order valence-corrected chi connectivity index (χ2v) is 5.70. The minimum absolute atomic E-state index is 0.00871. The SMILES string of the molecule is CCOc1cc(CO)ccc1OCc1nc(C)c(C)s1. The molecule has 108 valence electrons. The predicted molar refractivity (Wildman–Crippen MR) is 79.5 cm³/mol. The van der Waals surface area contributed by atoms with Crippen LogP contribution >= 0.6 is 11.3 Å². The highest BCUT2D eigenvalue weighted by atomic mass is 32.1. The summed E-state index contributed by atoms with van der Waals surface area (Å²) in [4.78, 5) is 5.66. The highest BCUT2D eigenvalue weighted by Gasteiger charge is 2.09. The first-order valence-electron chi connectivity index (χ1n) is 6.56. The molecule has 0 aliphatic rings. The number of nitrogens with zero attached hydrogens (tertiary/aromatic N) is 1. The van der Waals surface area contributed by atoms with Gasteiger partial charge in [-0.05, 0) is 38.5 Å². The molecule has 1 heterocycles. The van der Waals surface area contributed by atoms with E-state index in [-0.39, 0.29) is 6.61 Å². The van der Waals surface area contributed by atoms with Gasteiger partial charge in [-0.3, -0.25) is 0 Å². The number of thiazole rings is 1. The van der Waals surface area contributed by atoms with Crippen LogP contribution in [0.25, 0.3) is 0 Å². The smallest absolute Gasteiger partial charge is 0.161 e. The maximum Gasteiger partial charge on any atom is 0.161 e. The minimum atomic E-state index is -0.00871. The van der Waals surface area contributed by atoms with Crippen molar-refractivity contribution in [3.8, 4) is 11.5 Å². The van der Waals surface area contributed by atoms with Crippen molar-refractivity contribution in [1.82, 2.24) is 4.98 Å². The predicted octanol–water partition coefficient (Wildman–Crippen LogP) is 3.23. The average molecular weight is 293 g/mol. The van der Waals surface area contributed by atoms with Crippen LogP contribution < -0.4 is 9.47 Å². The van der Waals surface area contributed by atoms with Crippen LogP contribution in [0.2, 0.25) is 0 Å². The van der Waals surface area contributed by atoms with Crippen LogP contribution in [0.4, 0.5) is 0 Å². The summed E-state index contributed by atoms with van der Waals surface area (Å²) in [5, 5.41) is 10.1. The van der Waals surface area contributed by atoms with Gasteiger partial charge in [0.25, 0.3) is 0 Å². The fourth-order valence-corrected chi connectivity index (χ4v) is 2.63. The fraction of sp³-hybridized carbons (Fsp3) is 0.400. The molecular formula is C15H19NO3S. The lowest BCUT2D eigenvalue weighted by molar-refractivity contribution is 0.263. The molecule has 0 aliphatic carbocycles. The molecule has 2 rings (SSSR count). The Morgan fingerprint density at radius 1 is 1.20 bits per heavy atom.